The number of hydrogen-bond donors (Lipinski definition) is 1. The zero-order valence-corrected chi connectivity index (χ0v) is 16.3. The van der Waals surface area contributed by atoms with Crippen LogP contribution < -0.4 is 0 Å². The lowest BCUT2D eigenvalue weighted by atomic mass is 9.74. The van der Waals surface area contributed by atoms with Gasteiger partial charge in [-0.2, -0.15) is 0 Å². The molecule has 0 bridgehead atoms. The van der Waals surface area contributed by atoms with Crippen LogP contribution in [-0.2, 0) is 20.7 Å². The Labute approximate surface area is 160 Å². The number of piperidine rings is 1. The van der Waals surface area contributed by atoms with Crippen molar-refractivity contribution in [3.8, 4) is 0 Å². The highest BCUT2D eigenvalue weighted by atomic mass is 16.5. The summed E-state index contributed by atoms with van der Waals surface area (Å²) in [6.45, 7) is 4.28. The molecule has 1 N–H and O–H groups in total. The Morgan fingerprint density at radius 2 is 2.15 bits per heavy atom. The van der Waals surface area contributed by atoms with Gasteiger partial charge in [-0.15, -0.1) is 0 Å². The van der Waals surface area contributed by atoms with Crippen LogP contribution in [0.15, 0.2) is 36.1 Å². The van der Waals surface area contributed by atoms with Gasteiger partial charge in [0.25, 0.3) is 0 Å². The zero-order chi connectivity index (χ0) is 19.0. The quantitative estimate of drug-likeness (QED) is 0.506. The van der Waals surface area contributed by atoms with Crippen molar-refractivity contribution in [2.45, 2.75) is 32.2 Å². The summed E-state index contributed by atoms with van der Waals surface area (Å²) in [6.07, 6.45) is 4.60. The van der Waals surface area contributed by atoms with E-state index in [4.69, 9.17) is 9.47 Å². The highest BCUT2D eigenvalue weighted by Crippen LogP contribution is 2.45. The number of aromatic amines is 1. The summed E-state index contributed by atoms with van der Waals surface area (Å²) in [7, 11) is 3.04. The van der Waals surface area contributed by atoms with E-state index < -0.39 is 0 Å². The predicted octanol–water partition coefficient (Wildman–Crippen LogP) is 3.82. The van der Waals surface area contributed by atoms with E-state index in [2.05, 4.69) is 41.1 Å². The van der Waals surface area contributed by atoms with Crippen molar-refractivity contribution in [3.05, 3.63) is 47.4 Å². The van der Waals surface area contributed by atoms with Gasteiger partial charge in [-0.3, -0.25) is 4.90 Å². The van der Waals surface area contributed by atoms with Gasteiger partial charge < -0.3 is 14.5 Å². The molecule has 5 heteroatoms. The number of rotatable bonds is 4. The number of fused-ring (bicyclic) bond motifs is 5. The summed E-state index contributed by atoms with van der Waals surface area (Å²) in [5.74, 6) is 0.287. The maximum Gasteiger partial charge on any atom is 0.337 e. The van der Waals surface area contributed by atoms with E-state index >= 15 is 0 Å². The van der Waals surface area contributed by atoms with Gasteiger partial charge >= 0.3 is 5.97 Å². The fourth-order valence-corrected chi connectivity index (χ4v) is 5.04. The molecule has 0 unspecified atom stereocenters. The molecule has 1 fully saturated rings. The van der Waals surface area contributed by atoms with Crippen LogP contribution in [0.2, 0.25) is 0 Å². The minimum Gasteiger partial charge on any atom is -0.504 e. The number of aromatic nitrogens is 1. The fraction of sp³-hybridized carbons (Fsp3) is 0.500. The number of nitrogens with zero attached hydrogens (tertiary/aromatic N) is 1. The van der Waals surface area contributed by atoms with Gasteiger partial charge in [0.2, 0.25) is 0 Å². The molecule has 1 saturated heterocycles. The van der Waals surface area contributed by atoms with Crippen LogP contribution in [0.25, 0.3) is 10.9 Å². The Bertz CT molecular complexity index is 870. The topological polar surface area (TPSA) is 54.6 Å². The van der Waals surface area contributed by atoms with Gasteiger partial charge in [0.15, 0.2) is 0 Å². The zero-order valence-electron chi connectivity index (χ0n) is 16.3. The molecule has 0 saturated carbocycles. The molecule has 3 heterocycles. The molecule has 4 rings (SSSR count). The Balaban J connectivity index is 1.73. The number of esters is 1. The number of para-hydroxylation sites is 1. The van der Waals surface area contributed by atoms with Crippen LogP contribution in [0.4, 0.5) is 0 Å². The van der Waals surface area contributed by atoms with E-state index in [9.17, 15) is 4.79 Å². The summed E-state index contributed by atoms with van der Waals surface area (Å²) in [6, 6.07) is 8.85. The maximum atomic E-state index is 12.4. The SMILES string of the molecule is CC[C@H]1CN2CCc3c([nH]c4ccccc34)[C@H]2C[C@H]1/C(=C\OC)C(=O)OC. The van der Waals surface area contributed by atoms with Crippen LogP contribution >= 0.6 is 0 Å². The summed E-state index contributed by atoms with van der Waals surface area (Å²) < 4.78 is 10.3. The van der Waals surface area contributed by atoms with Gasteiger partial charge in [0.05, 0.1) is 32.1 Å². The van der Waals surface area contributed by atoms with Crippen molar-refractivity contribution < 1.29 is 14.3 Å². The lowest BCUT2D eigenvalue weighted by molar-refractivity contribution is -0.137. The number of nitrogens with one attached hydrogen (secondary N) is 1. The van der Waals surface area contributed by atoms with Crippen LogP contribution in [0.1, 0.15) is 37.1 Å². The third kappa shape index (κ3) is 3.04. The molecular weight excluding hydrogens is 340 g/mol. The van der Waals surface area contributed by atoms with Gasteiger partial charge in [0.1, 0.15) is 0 Å². The first kappa shape index (κ1) is 18.1. The molecule has 0 radical (unpaired) electrons. The summed E-state index contributed by atoms with van der Waals surface area (Å²) in [5.41, 5.74) is 4.63. The first-order chi connectivity index (χ1) is 13.2. The lowest BCUT2D eigenvalue weighted by Crippen LogP contribution is -2.47. The van der Waals surface area contributed by atoms with Crippen molar-refractivity contribution in [1.82, 2.24) is 9.88 Å². The third-order valence-corrected chi connectivity index (χ3v) is 6.37. The number of carbonyl (C=O) groups excluding carboxylic acids is 1. The number of hydrogen-bond acceptors (Lipinski definition) is 4. The Morgan fingerprint density at radius 3 is 2.89 bits per heavy atom. The number of H-pyrrole nitrogens is 1. The molecule has 2 aromatic rings. The second-order valence-corrected chi connectivity index (χ2v) is 7.63. The second-order valence-electron chi connectivity index (χ2n) is 7.63. The lowest BCUT2D eigenvalue weighted by Gasteiger charge is -2.46. The van der Waals surface area contributed by atoms with Crippen LogP contribution in [0.5, 0.6) is 0 Å². The molecule has 0 spiro atoms. The van der Waals surface area contributed by atoms with E-state index in [1.54, 1.807) is 13.4 Å². The van der Waals surface area contributed by atoms with E-state index in [0.29, 0.717) is 17.5 Å². The highest BCUT2D eigenvalue weighted by Gasteiger charge is 2.42. The van der Waals surface area contributed by atoms with Crippen LogP contribution in [-0.4, -0.2) is 43.2 Å². The normalized spacial score (nSPS) is 25.7. The maximum absolute atomic E-state index is 12.4. The third-order valence-electron chi connectivity index (χ3n) is 6.37. The summed E-state index contributed by atoms with van der Waals surface area (Å²) in [4.78, 5) is 18.7. The average Bonchev–Trinajstić information content (AvgIpc) is 3.09. The van der Waals surface area contributed by atoms with E-state index in [0.717, 1.165) is 32.4 Å². The Hall–Kier alpha value is -2.27. The van der Waals surface area contributed by atoms with Crippen molar-refractivity contribution >= 4 is 16.9 Å². The van der Waals surface area contributed by atoms with Crippen LogP contribution in [0, 0.1) is 11.8 Å². The molecule has 1 aromatic carbocycles. The van der Waals surface area contributed by atoms with E-state index in [1.807, 2.05) is 0 Å². The summed E-state index contributed by atoms with van der Waals surface area (Å²) in [5, 5.41) is 1.34. The molecular formula is C22H28N2O3. The number of benzene rings is 1. The molecule has 27 heavy (non-hydrogen) atoms. The minimum absolute atomic E-state index is 0.140. The first-order valence-corrected chi connectivity index (χ1v) is 9.82. The van der Waals surface area contributed by atoms with Crippen molar-refractivity contribution in [1.29, 1.82) is 0 Å². The minimum atomic E-state index is -0.276. The summed E-state index contributed by atoms with van der Waals surface area (Å²) >= 11 is 0. The highest BCUT2D eigenvalue weighted by molar-refractivity contribution is 5.89. The predicted molar refractivity (Wildman–Crippen MR) is 105 cm³/mol. The van der Waals surface area contributed by atoms with Crippen LogP contribution in [0.3, 0.4) is 0 Å². The van der Waals surface area contributed by atoms with E-state index in [-0.39, 0.29) is 11.9 Å². The van der Waals surface area contributed by atoms with Crippen molar-refractivity contribution in [3.63, 3.8) is 0 Å². The van der Waals surface area contributed by atoms with Gasteiger partial charge in [-0.1, -0.05) is 31.5 Å². The molecule has 144 valence electrons. The van der Waals surface area contributed by atoms with Gasteiger partial charge in [-0.05, 0) is 36.3 Å². The van der Waals surface area contributed by atoms with Gasteiger partial charge in [-0.25, -0.2) is 4.79 Å². The standard InChI is InChI=1S/C22H28N2O3/c1-4-14-12-24-10-9-16-15-7-5-6-8-19(15)23-21(16)20(24)11-17(14)18(13-26-2)22(25)27-3/h5-8,13-14,17,20,23H,4,9-12H2,1-3H3/b18-13+/t14-,17+,20+/m0/s1. The smallest absolute Gasteiger partial charge is 0.337 e. The first-order valence-electron chi connectivity index (χ1n) is 9.82. The largest absolute Gasteiger partial charge is 0.504 e. The molecule has 2 aliphatic rings. The number of methoxy groups -OCH3 is 2. The second kappa shape index (κ2) is 7.39. The molecule has 0 aliphatic carbocycles. The molecule has 0 amide bonds. The van der Waals surface area contributed by atoms with Crippen molar-refractivity contribution in [2.75, 3.05) is 27.3 Å². The Morgan fingerprint density at radius 1 is 1.33 bits per heavy atom. The number of carbonyl (C=O) groups is 1. The molecule has 3 atom stereocenters. The molecule has 1 aromatic heterocycles. The Kier molecular flexibility index (Phi) is 4.96. The van der Waals surface area contributed by atoms with E-state index in [1.165, 1.54) is 29.3 Å². The fourth-order valence-electron chi connectivity index (χ4n) is 5.04. The van der Waals surface area contributed by atoms with Gasteiger partial charge in [0, 0.05) is 29.7 Å². The number of ether oxygens (including phenoxy) is 2. The molecule has 5 nitrogen and oxygen atoms in total. The average molecular weight is 368 g/mol. The monoisotopic (exact) mass is 368 g/mol. The molecule has 2 aliphatic heterocycles. The van der Waals surface area contributed by atoms with Crippen molar-refractivity contribution in [2.24, 2.45) is 11.8 Å².